The topological polar surface area (TPSA) is 69.9 Å². The Balaban J connectivity index is 1.72. The average Bonchev–Trinajstić information content (AvgIpc) is 3.21. The van der Waals surface area contributed by atoms with Crippen LogP contribution in [-0.2, 0) is 4.74 Å². The van der Waals surface area contributed by atoms with Gasteiger partial charge in [-0.05, 0) is 23.8 Å². The molecule has 4 rings (SSSR count). The van der Waals surface area contributed by atoms with E-state index >= 15 is 0 Å². The van der Waals surface area contributed by atoms with E-state index in [2.05, 4.69) is 15.4 Å². The van der Waals surface area contributed by atoms with Gasteiger partial charge in [0.25, 0.3) is 0 Å². The second kappa shape index (κ2) is 5.77. The summed E-state index contributed by atoms with van der Waals surface area (Å²) in [4.78, 5) is 4.46. The molecule has 0 fully saturated rings. The van der Waals surface area contributed by atoms with Crippen molar-refractivity contribution in [3.63, 3.8) is 0 Å². The summed E-state index contributed by atoms with van der Waals surface area (Å²) >= 11 is 0. The normalized spacial score (nSPS) is 12.7. The molecule has 0 spiro atoms. The number of nitrogens with one attached hydrogen (secondary N) is 1. The number of hydrogen-bond donors (Lipinski definition) is 1. The van der Waals surface area contributed by atoms with Crippen LogP contribution in [0.1, 0.15) is 0 Å². The fourth-order valence-electron chi connectivity index (χ4n) is 2.57. The predicted octanol–water partition coefficient (Wildman–Crippen LogP) is 2.18. The van der Waals surface area contributed by atoms with Crippen LogP contribution in [0.15, 0.2) is 36.7 Å². The summed E-state index contributed by atoms with van der Waals surface area (Å²) in [5, 5.41) is 7.73. The third-order valence-electron chi connectivity index (χ3n) is 3.70. The van der Waals surface area contributed by atoms with E-state index in [1.54, 1.807) is 24.0 Å². The van der Waals surface area contributed by atoms with E-state index in [0.717, 1.165) is 34.1 Å². The first-order valence-electron chi connectivity index (χ1n) is 7.32. The Hall–Kier alpha value is -2.80. The Morgan fingerprint density at radius 1 is 1.26 bits per heavy atom. The van der Waals surface area contributed by atoms with Gasteiger partial charge in [-0.15, -0.1) is 0 Å². The Bertz CT molecular complexity index is 846. The molecule has 1 aliphatic rings. The summed E-state index contributed by atoms with van der Waals surface area (Å²) in [5.74, 6) is 2.38. The van der Waals surface area contributed by atoms with Gasteiger partial charge in [-0.2, -0.15) is 9.61 Å². The molecule has 7 heteroatoms. The van der Waals surface area contributed by atoms with Crippen LogP contribution in [0.4, 0.5) is 5.82 Å². The Kier molecular flexibility index (Phi) is 3.47. The maximum Gasteiger partial charge on any atom is 0.231 e. The van der Waals surface area contributed by atoms with Crippen molar-refractivity contribution in [1.29, 1.82) is 0 Å². The highest BCUT2D eigenvalue weighted by atomic mass is 16.7. The molecular formula is C16H16N4O3. The van der Waals surface area contributed by atoms with Crippen LogP contribution in [0.3, 0.4) is 0 Å². The van der Waals surface area contributed by atoms with Crippen LogP contribution in [-0.4, -0.2) is 41.7 Å². The molecule has 1 aromatic carbocycles. The number of rotatable bonds is 5. The number of fused-ring (bicyclic) bond motifs is 2. The standard InChI is InChI=1S/C16H16N4O3/c1-21-7-6-17-15-4-5-18-16-12(9-19-20(15)16)11-2-3-13-14(8-11)23-10-22-13/h2-5,8-9,17H,6-7,10H2,1H3. The minimum atomic E-state index is 0.263. The fraction of sp³-hybridized carbons (Fsp3) is 0.250. The quantitative estimate of drug-likeness (QED) is 0.728. The minimum absolute atomic E-state index is 0.263. The summed E-state index contributed by atoms with van der Waals surface area (Å²) in [7, 11) is 1.68. The van der Waals surface area contributed by atoms with Gasteiger partial charge in [0.15, 0.2) is 17.1 Å². The van der Waals surface area contributed by atoms with Crippen molar-refractivity contribution in [3.05, 3.63) is 36.7 Å². The van der Waals surface area contributed by atoms with Gasteiger partial charge >= 0.3 is 0 Å². The van der Waals surface area contributed by atoms with E-state index in [9.17, 15) is 0 Å². The van der Waals surface area contributed by atoms with Crippen molar-refractivity contribution in [3.8, 4) is 22.6 Å². The van der Waals surface area contributed by atoms with Gasteiger partial charge < -0.3 is 19.5 Å². The Morgan fingerprint density at radius 3 is 3.09 bits per heavy atom. The lowest BCUT2D eigenvalue weighted by Gasteiger charge is -2.07. The van der Waals surface area contributed by atoms with Crippen molar-refractivity contribution in [2.75, 3.05) is 32.4 Å². The number of hydrogen-bond acceptors (Lipinski definition) is 6. The lowest BCUT2D eigenvalue weighted by molar-refractivity contribution is 0.174. The van der Waals surface area contributed by atoms with Gasteiger partial charge in [0, 0.05) is 25.4 Å². The van der Waals surface area contributed by atoms with E-state index < -0.39 is 0 Å². The minimum Gasteiger partial charge on any atom is -0.454 e. The van der Waals surface area contributed by atoms with Crippen LogP contribution < -0.4 is 14.8 Å². The Labute approximate surface area is 132 Å². The highest BCUT2D eigenvalue weighted by molar-refractivity contribution is 5.79. The van der Waals surface area contributed by atoms with Crippen molar-refractivity contribution in [2.24, 2.45) is 0 Å². The molecule has 0 saturated carbocycles. The van der Waals surface area contributed by atoms with E-state index in [1.165, 1.54) is 0 Å². The molecule has 0 aliphatic carbocycles. The molecule has 0 radical (unpaired) electrons. The molecule has 0 saturated heterocycles. The molecule has 7 nitrogen and oxygen atoms in total. The molecule has 1 N–H and O–H groups in total. The molecule has 0 bridgehead atoms. The molecular weight excluding hydrogens is 296 g/mol. The first-order chi connectivity index (χ1) is 11.4. The second-order valence-corrected chi connectivity index (χ2v) is 5.11. The monoisotopic (exact) mass is 312 g/mol. The first-order valence-corrected chi connectivity index (χ1v) is 7.32. The summed E-state index contributed by atoms with van der Waals surface area (Å²) in [6.45, 7) is 1.59. The van der Waals surface area contributed by atoms with Crippen LogP contribution in [0, 0.1) is 0 Å². The highest BCUT2D eigenvalue weighted by Gasteiger charge is 2.16. The average molecular weight is 312 g/mol. The van der Waals surface area contributed by atoms with Crippen molar-refractivity contribution < 1.29 is 14.2 Å². The SMILES string of the molecule is COCCNc1ccnc2c(-c3ccc4c(c3)OCO4)cnn12. The van der Waals surface area contributed by atoms with Gasteiger partial charge in [-0.3, -0.25) is 0 Å². The smallest absolute Gasteiger partial charge is 0.231 e. The van der Waals surface area contributed by atoms with E-state index in [-0.39, 0.29) is 6.79 Å². The van der Waals surface area contributed by atoms with E-state index in [4.69, 9.17) is 14.2 Å². The summed E-state index contributed by atoms with van der Waals surface area (Å²) < 4.78 is 17.6. The highest BCUT2D eigenvalue weighted by Crippen LogP contribution is 2.36. The number of ether oxygens (including phenoxy) is 3. The van der Waals surface area contributed by atoms with Gasteiger partial charge in [0.1, 0.15) is 5.82 Å². The van der Waals surface area contributed by atoms with Crippen molar-refractivity contribution >= 4 is 11.5 Å². The molecule has 0 amide bonds. The summed E-state index contributed by atoms with van der Waals surface area (Å²) in [5.41, 5.74) is 2.72. The molecule has 0 unspecified atom stereocenters. The number of aromatic nitrogens is 3. The van der Waals surface area contributed by atoms with Gasteiger partial charge in [-0.25, -0.2) is 4.98 Å². The van der Waals surface area contributed by atoms with Gasteiger partial charge in [0.2, 0.25) is 6.79 Å². The largest absolute Gasteiger partial charge is 0.454 e. The van der Waals surface area contributed by atoms with Crippen LogP contribution in [0.5, 0.6) is 11.5 Å². The van der Waals surface area contributed by atoms with Crippen molar-refractivity contribution in [1.82, 2.24) is 14.6 Å². The first kappa shape index (κ1) is 13.8. The lowest BCUT2D eigenvalue weighted by atomic mass is 10.1. The lowest BCUT2D eigenvalue weighted by Crippen LogP contribution is -2.11. The number of anilines is 1. The zero-order chi connectivity index (χ0) is 15.6. The van der Waals surface area contributed by atoms with Crippen LogP contribution in [0.2, 0.25) is 0 Å². The summed E-state index contributed by atoms with van der Waals surface area (Å²) in [6, 6.07) is 7.73. The molecule has 1 aliphatic heterocycles. The van der Waals surface area contributed by atoms with Crippen LogP contribution in [0.25, 0.3) is 16.8 Å². The number of methoxy groups -OCH3 is 1. The molecule has 3 aromatic rings. The molecule has 118 valence electrons. The van der Waals surface area contributed by atoms with Crippen LogP contribution >= 0.6 is 0 Å². The zero-order valence-corrected chi connectivity index (χ0v) is 12.7. The van der Waals surface area contributed by atoms with E-state index in [0.29, 0.717) is 13.2 Å². The Morgan fingerprint density at radius 2 is 2.17 bits per heavy atom. The number of nitrogens with zero attached hydrogens (tertiary/aromatic N) is 3. The molecule has 0 atom stereocenters. The maximum atomic E-state index is 5.44. The third-order valence-corrected chi connectivity index (χ3v) is 3.70. The molecule has 2 aromatic heterocycles. The number of benzene rings is 1. The second-order valence-electron chi connectivity index (χ2n) is 5.11. The van der Waals surface area contributed by atoms with Gasteiger partial charge in [0.05, 0.1) is 12.8 Å². The fourth-order valence-corrected chi connectivity index (χ4v) is 2.57. The molecule has 23 heavy (non-hydrogen) atoms. The zero-order valence-electron chi connectivity index (χ0n) is 12.7. The van der Waals surface area contributed by atoms with Gasteiger partial charge in [-0.1, -0.05) is 6.07 Å². The third kappa shape index (κ3) is 2.44. The maximum absolute atomic E-state index is 5.44. The van der Waals surface area contributed by atoms with Crippen molar-refractivity contribution in [2.45, 2.75) is 0 Å². The predicted molar refractivity (Wildman–Crippen MR) is 84.9 cm³/mol. The molecule has 3 heterocycles. The van der Waals surface area contributed by atoms with E-state index in [1.807, 2.05) is 24.3 Å². The summed E-state index contributed by atoms with van der Waals surface area (Å²) in [6.07, 6.45) is 3.57.